The molecule has 1 saturated carbocycles. The summed E-state index contributed by atoms with van der Waals surface area (Å²) in [6.45, 7) is 12.1. The predicted molar refractivity (Wildman–Crippen MR) is 154 cm³/mol. The van der Waals surface area contributed by atoms with E-state index in [4.69, 9.17) is 18.9 Å². The lowest BCUT2D eigenvalue weighted by Gasteiger charge is -2.36. The zero-order valence-corrected chi connectivity index (χ0v) is 24.6. The van der Waals surface area contributed by atoms with Crippen LogP contribution in [-0.4, -0.2) is 46.4 Å². The molecule has 3 aromatic rings. The molecule has 2 aromatic carbocycles. The smallest absolute Gasteiger partial charge is 0.407 e. The fraction of sp³-hybridized carbons (Fsp3) is 0.438. The van der Waals surface area contributed by atoms with Crippen molar-refractivity contribution < 1.29 is 28.5 Å². The van der Waals surface area contributed by atoms with Gasteiger partial charge in [0.05, 0.1) is 12.3 Å². The SMILES string of the molecule is CCOC(=O)c1nccc(COc2ccc(C(C)(C)c3ccc(O[C@H]4C[C@@H](NC(=O)OC(C)(C)C)C4)cc3)cc2)n1. The molecule has 0 atom stereocenters. The first-order valence-electron chi connectivity index (χ1n) is 13.9. The van der Waals surface area contributed by atoms with Gasteiger partial charge in [-0.25, -0.2) is 19.6 Å². The summed E-state index contributed by atoms with van der Waals surface area (Å²) in [5.74, 6) is 0.979. The first-order valence-corrected chi connectivity index (χ1v) is 13.9. The Hall–Kier alpha value is -4.14. The maximum atomic E-state index is 11.9. The molecular weight excluding hydrogens is 522 g/mol. The van der Waals surface area contributed by atoms with Crippen molar-refractivity contribution in [3.8, 4) is 11.5 Å². The molecule has 41 heavy (non-hydrogen) atoms. The second-order valence-electron chi connectivity index (χ2n) is 11.6. The largest absolute Gasteiger partial charge is 0.490 e. The highest BCUT2D eigenvalue weighted by Crippen LogP contribution is 2.34. The van der Waals surface area contributed by atoms with Crippen LogP contribution in [0.25, 0.3) is 0 Å². The molecule has 1 aliphatic carbocycles. The number of alkyl carbamates (subject to hydrolysis) is 1. The summed E-state index contributed by atoms with van der Waals surface area (Å²) in [6, 6.07) is 17.9. The number of hydrogen-bond acceptors (Lipinski definition) is 8. The molecule has 218 valence electrons. The molecule has 0 unspecified atom stereocenters. The lowest BCUT2D eigenvalue weighted by atomic mass is 9.78. The third kappa shape index (κ3) is 8.19. The quantitative estimate of drug-likeness (QED) is 0.301. The third-order valence-corrected chi connectivity index (χ3v) is 6.83. The normalized spacial score (nSPS) is 16.7. The van der Waals surface area contributed by atoms with Crippen LogP contribution in [0.1, 0.15) is 81.8 Å². The fourth-order valence-corrected chi connectivity index (χ4v) is 4.46. The van der Waals surface area contributed by atoms with Gasteiger partial charge >= 0.3 is 12.1 Å². The molecule has 1 heterocycles. The van der Waals surface area contributed by atoms with Gasteiger partial charge in [0.1, 0.15) is 29.8 Å². The van der Waals surface area contributed by atoms with Gasteiger partial charge in [-0.2, -0.15) is 0 Å². The minimum absolute atomic E-state index is 0.0218. The van der Waals surface area contributed by atoms with E-state index in [-0.39, 0.29) is 42.7 Å². The van der Waals surface area contributed by atoms with E-state index < -0.39 is 11.6 Å². The summed E-state index contributed by atoms with van der Waals surface area (Å²) < 4.78 is 22.3. The zero-order chi connectivity index (χ0) is 29.6. The number of hydrogen-bond donors (Lipinski definition) is 1. The molecule has 1 aliphatic rings. The Morgan fingerprint density at radius 1 is 0.902 bits per heavy atom. The molecule has 1 fully saturated rings. The molecule has 1 aromatic heterocycles. The maximum absolute atomic E-state index is 11.9. The Bertz CT molecular complexity index is 1330. The van der Waals surface area contributed by atoms with Crippen molar-refractivity contribution in [1.82, 2.24) is 15.3 Å². The number of aromatic nitrogens is 2. The highest BCUT2D eigenvalue weighted by atomic mass is 16.6. The minimum atomic E-state index is -0.551. The van der Waals surface area contributed by atoms with Crippen LogP contribution >= 0.6 is 0 Å². The van der Waals surface area contributed by atoms with Crippen molar-refractivity contribution >= 4 is 12.1 Å². The lowest BCUT2D eigenvalue weighted by molar-refractivity contribution is 0.0362. The Kier molecular flexibility index (Phi) is 9.15. The van der Waals surface area contributed by atoms with Gasteiger partial charge in [-0.3, -0.25) is 0 Å². The highest BCUT2D eigenvalue weighted by molar-refractivity contribution is 5.85. The molecule has 0 radical (unpaired) electrons. The second kappa shape index (κ2) is 12.6. The van der Waals surface area contributed by atoms with E-state index >= 15 is 0 Å². The number of nitrogens with zero attached hydrogens (tertiary/aromatic N) is 2. The number of benzene rings is 2. The third-order valence-electron chi connectivity index (χ3n) is 6.83. The summed E-state index contributed by atoms with van der Waals surface area (Å²) in [6.07, 6.45) is 2.71. The predicted octanol–water partition coefficient (Wildman–Crippen LogP) is 5.99. The van der Waals surface area contributed by atoms with Crippen molar-refractivity contribution in [3.05, 3.63) is 83.4 Å². The van der Waals surface area contributed by atoms with Gasteiger partial charge in [0, 0.05) is 30.5 Å². The van der Waals surface area contributed by atoms with Crippen LogP contribution in [-0.2, 0) is 21.5 Å². The van der Waals surface area contributed by atoms with Crippen LogP contribution in [0, 0.1) is 0 Å². The number of ether oxygens (including phenoxy) is 4. The van der Waals surface area contributed by atoms with Crippen LogP contribution in [0.15, 0.2) is 60.8 Å². The van der Waals surface area contributed by atoms with E-state index in [0.717, 1.165) is 29.7 Å². The molecule has 0 bridgehead atoms. The number of amides is 1. The molecule has 1 N–H and O–H groups in total. The summed E-state index contributed by atoms with van der Waals surface area (Å²) in [5, 5.41) is 2.89. The number of carbonyl (C=O) groups excluding carboxylic acids is 2. The van der Waals surface area contributed by atoms with Crippen LogP contribution < -0.4 is 14.8 Å². The standard InChI is InChI=1S/C32H39N3O6/c1-7-38-29(36)28-33-17-16-23(34-28)20-39-25-12-8-21(9-13-25)32(5,6)22-10-14-26(15-11-22)40-27-18-24(19-27)35-30(37)41-31(2,3)4/h8-17,24,27H,7,18-20H2,1-6H3,(H,35,37)/t24-,27+. The number of esters is 1. The van der Waals surface area contributed by atoms with Crippen LogP contribution in [0.4, 0.5) is 4.79 Å². The van der Waals surface area contributed by atoms with Crippen molar-refractivity contribution in [3.63, 3.8) is 0 Å². The molecular formula is C32H39N3O6. The molecule has 0 aliphatic heterocycles. The second-order valence-corrected chi connectivity index (χ2v) is 11.6. The topological polar surface area (TPSA) is 109 Å². The number of carbonyl (C=O) groups is 2. The van der Waals surface area contributed by atoms with Crippen molar-refractivity contribution in [2.45, 2.75) is 84.2 Å². The van der Waals surface area contributed by atoms with E-state index in [0.29, 0.717) is 11.4 Å². The van der Waals surface area contributed by atoms with E-state index in [1.165, 1.54) is 6.20 Å². The fourth-order valence-electron chi connectivity index (χ4n) is 4.46. The van der Waals surface area contributed by atoms with Crippen molar-refractivity contribution in [2.24, 2.45) is 0 Å². The molecule has 0 saturated heterocycles. The van der Waals surface area contributed by atoms with Gasteiger partial charge in [0.25, 0.3) is 0 Å². The van der Waals surface area contributed by atoms with Crippen LogP contribution in [0.5, 0.6) is 11.5 Å². The average Bonchev–Trinajstić information content (AvgIpc) is 2.90. The molecule has 1 amide bonds. The van der Waals surface area contributed by atoms with E-state index in [9.17, 15) is 9.59 Å². The monoisotopic (exact) mass is 561 g/mol. The summed E-state index contributed by atoms with van der Waals surface area (Å²) in [7, 11) is 0. The zero-order valence-electron chi connectivity index (χ0n) is 24.6. The van der Waals surface area contributed by atoms with Gasteiger partial charge in [-0.05, 0) is 69.2 Å². The van der Waals surface area contributed by atoms with E-state index in [1.54, 1.807) is 13.0 Å². The Morgan fingerprint density at radius 3 is 2.10 bits per heavy atom. The maximum Gasteiger partial charge on any atom is 0.407 e. The van der Waals surface area contributed by atoms with Gasteiger partial charge in [-0.15, -0.1) is 0 Å². The van der Waals surface area contributed by atoms with Crippen molar-refractivity contribution in [2.75, 3.05) is 6.61 Å². The van der Waals surface area contributed by atoms with Gasteiger partial charge in [0.15, 0.2) is 0 Å². The Morgan fingerprint density at radius 2 is 1.51 bits per heavy atom. The Labute approximate surface area is 241 Å². The molecule has 0 spiro atoms. The van der Waals surface area contributed by atoms with Gasteiger partial charge in [0.2, 0.25) is 5.82 Å². The first kappa shape index (κ1) is 29.8. The first-order chi connectivity index (χ1) is 19.4. The highest BCUT2D eigenvalue weighted by Gasteiger charge is 2.33. The molecule has 9 heteroatoms. The molecule has 9 nitrogen and oxygen atoms in total. The Balaban J connectivity index is 1.28. The van der Waals surface area contributed by atoms with E-state index in [2.05, 4.69) is 53.4 Å². The summed E-state index contributed by atoms with van der Waals surface area (Å²) in [4.78, 5) is 32.0. The average molecular weight is 562 g/mol. The number of rotatable bonds is 10. The molecule has 4 rings (SSSR count). The number of nitrogens with one attached hydrogen (secondary N) is 1. The lowest BCUT2D eigenvalue weighted by Crippen LogP contribution is -2.50. The van der Waals surface area contributed by atoms with Gasteiger partial charge in [-0.1, -0.05) is 38.1 Å². The summed E-state index contributed by atoms with van der Waals surface area (Å²) in [5.41, 5.74) is 2.14. The van der Waals surface area contributed by atoms with Gasteiger partial charge < -0.3 is 24.3 Å². The van der Waals surface area contributed by atoms with Crippen molar-refractivity contribution in [1.29, 1.82) is 0 Å². The van der Waals surface area contributed by atoms with Crippen LogP contribution in [0.2, 0.25) is 0 Å². The summed E-state index contributed by atoms with van der Waals surface area (Å²) >= 11 is 0. The van der Waals surface area contributed by atoms with E-state index in [1.807, 2.05) is 45.0 Å². The minimum Gasteiger partial charge on any atom is -0.490 e. The van der Waals surface area contributed by atoms with Crippen LogP contribution in [0.3, 0.4) is 0 Å².